The van der Waals surface area contributed by atoms with Crippen molar-refractivity contribution in [3.8, 4) is 0 Å². The van der Waals surface area contributed by atoms with E-state index in [4.69, 9.17) is 4.84 Å². The van der Waals surface area contributed by atoms with Gasteiger partial charge < -0.3 is 9.74 Å². The van der Waals surface area contributed by atoms with E-state index < -0.39 is 11.6 Å². The predicted molar refractivity (Wildman–Crippen MR) is 75.3 cm³/mol. The lowest BCUT2D eigenvalue weighted by Crippen LogP contribution is -2.54. The average Bonchev–Trinajstić information content (AvgIpc) is 2.84. The molecule has 0 aromatic heterocycles. The van der Waals surface area contributed by atoms with Crippen LogP contribution in [0.2, 0.25) is 0 Å². The highest BCUT2D eigenvalue weighted by atomic mass is 16.7. The number of amides is 3. The predicted octanol–water partition coefficient (Wildman–Crippen LogP) is 1.76. The van der Waals surface area contributed by atoms with E-state index in [1.54, 1.807) is 14.1 Å². The summed E-state index contributed by atoms with van der Waals surface area (Å²) in [4.78, 5) is 31.0. The Morgan fingerprint density at radius 3 is 2.60 bits per heavy atom. The molecule has 1 saturated carbocycles. The van der Waals surface area contributed by atoms with E-state index in [9.17, 15) is 9.59 Å². The van der Waals surface area contributed by atoms with Crippen molar-refractivity contribution in [1.29, 1.82) is 0 Å². The Balaban J connectivity index is 2.20. The minimum Gasteiger partial charge on any atom is -0.378 e. The summed E-state index contributed by atoms with van der Waals surface area (Å²) in [6.07, 6.45) is 2.39. The number of fused-ring (bicyclic) bond motifs is 1. The fraction of sp³-hybridized carbons (Fsp3) is 0.786. The van der Waals surface area contributed by atoms with Crippen LogP contribution < -0.4 is 5.32 Å². The number of carbonyl (C=O) groups excluding carboxylic acids is 2. The highest BCUT2D eigenvalue weighted by Gasteiger charge is 2.59. The smallest absolute Gasteiger partial charge is 0.323 e. The number of urea groups is 1. The van der Waals surface area contributed by atoms with Gasteiger partial charge in [-0.15, -0.1) is 0 Å². The Hall–Kier alpha value is -1.59. The molecule has 6 heteroatoms. The lowest BCUT2D eigenvalue weighted by molar-refractivity contribution is -0.145. The van der Waals surface area contributed by atoms with Crippen LogP contribution in [0.5, 0.6) is 0 Å². The van der Waals surface area contributed by atoms with Gasteiger partial charge >= 0.3 is 6.03 Å². The molecule has 2 unspecified atom stereocenters. The van der Waals surface area contributed by atoms with Crippen molar-refractivity contribution in [2.45, 2.75) is 45.6 Å². The molecule has 0 aromatic carbocycles. The first-order chi connectivity index (χ1) is 9.18. The van der Waals surface area contributed by atoms with Crippen LogP contribution in [0.3, 0.4) is 0 Å². The highest BCUT2D eigenvalue weighted by Crippen LogP contribution is 2.47. The van der Waals surface area contributed by atoms with Crippen LogP contribution in [-0.4, -0.2) is 42.2 Å². The van der Waals surface area contributed by atoms with E-state index in [0.29, 0.717) is 6.42 Å². The maximum Gasteiger partial charge on any atom is 0.323 e. The van der Waals surface area contributed by atoms with Gasteiger partial charge in [0, 0.05) is 19.5 Å². The highest BCUT2D eigenvalue weighted by molar-refractivity contribution is 6.05. The van der Waals surface area contributed by atoms with Gasteiger partial charge in [-0.2, -0.15) is 0 Å². The van der Waals surface area contributed by atoms with Gasteiger partial charge in [-0.25, -0.2) is 4.79 Å². The van der Waals surface area contributed by atoms with Crippen LogP contribution in [-0.2, 0) is 9.63 Å². The molecule has 1 heterocycles. The van der Waals surface area contributed by atoms with E-state index in [0.717, 1.165) is 18.6 Å². The Morgan fingerprint density at radius 2 is 2.05 bits per heavy atom. The summed E-state index contributed by atoms with van der Waals surface area (Å²) >= 11 is 0. The van der Waals surface area contributed by atoms with Gasteiger partial charge in [0.25, 0.3) is 5.91 Å². The van der Waals surface area contributed by atoms with Crippen molar-refractivity contribution < 1.29 is 14.4 Å². The SMILES string of the molecule is CN(C)C(=O)NC(=O)C12CCCC1C(C(C)(C)C)=NO2. The third kappa shape index (κ3) is 2.27. The monoisotopic (exact) mass is 281 g/mol. The first-order valence-electron chi connectivity index (χ1n) is 6.98. The van der Waals surface area contributed by atoms with E-state index in [2.05, 4.69) is 31.2 Å². The van der Waals surface area contributed by atoms with Crippen LogP contribution in [0.1, 0.15) is 40.0 Å². The molecule has 2 rings (SSSR count). The van der Waals surface area contributed by atoms with Gasteiger partial charge in [-0.1, -0.05) is 25.9 Å². The Labute approximate surface area is 119 Å². The van der Waals surface area contributed by atoms with Gasteiger partial charge in [0.05, 0.1) is 11.6 Å². The fourth-order valence-electron chi connectivity index (χ4n) is 2.92. The Morgan fingerprint density at radius 1 is 1.40 bits per heavy atom. The normalized spacial score (nSPS) is 28.4. The average molecular weight is 281 g/mol. The van der Waals surface area contributed by atoms with Crippen molar-refractivity contribution >= 4 is 17.6 Å². The summed E-state index contributed by atoms with van der Waals surface area (Å²) in [5.41, 5.74) is -0.209. The molecule has 1 aliphatic carbocycles. The van der Waals surface area contributed by atoms with Crippen molar-refractivity contribution in [3.05, 3.63) is 0 Å². The summed E-state index contributed by atoms with van der Waals surface area (Å²) in [6, 6.07) is -0.428. The zero-order valence-electron chi connectivity index (χ0n) is 12.8. The van der Waals surface area contributed by atoms with Gasteiger partial charge in [-0.05, 0) is 19.3 Å². The van der Waals surface area contributed by atoms with Gasteiger partial charge in [-0.3, -0.25) is 10.1 Å². The Kier molecular flexibility index (Phi) is 3.52. The topological polar surface area (TPSA) is 71.0 Å². The lowest BCUT2D eigenvalue weighted by Gasteiger charge is -2.28. The quantitative estimate of drug-likeness (QED) is 0.796. The maximum absolute atomic E-state index is 12.5. The first-order valence-corrected chi connectivity index (χ1v) is 6.98. The third-order valence-electron chi connectivity index (χ3n) is 4.02. The molecule has 1 N–H and O–H groups in total. The maximum atomic E-state index is 12.5. The lowest BCUT2D eigenvalue weighted by atomic mass is 9.76. The molecule has 6 nitrogen and oxygen atoms in total. The van der Waals surface area contributed by atoms with E-state index >= 15 is 0 Å². The first kappa shape index (κ1) is 14.8. The van der Waals surface area contributed by atoms with Crippen LogP contribution in [0.15, 0.2) is 5.16 Å². The largest absolute Gasteiger partial charge is 0.378 e. The molecular weight excluding hydrogens is 258 g/mol. The van der Waals surface area contributed by atoms with Crippen molar-refractivity contribution in [1.82, 2.24) is 10.2 Å². The zero-order valence-corrected chi connectivity index (χ0v) is 12.8. The summed E-state index contributed by atoms with van der Waals surface area (Å²) in [5, 5.41) is 6.57. The second-order valence-electron chi connectivity index (χ2n) is 6.81. The van der Waals surface area contributed by atoms with Crippen LogP contribution in [0.25, 0.3) is 0 Å². The molecule has 0 saturated heterocycles. The van der Waals surface area contributed by atoms with E-state index in [1.807, 2.05) is 0 Å². The molecule has 0 radical (unpaired) electrons. The number of imide groups is 1. The molecule has 1 fully saturated rings. The zero-order chi connectivity index (χ0) is 15.1. The standard InChI is InChI=1S/C14H23N3O3/c1-13(2,3)10-9-7-6-8-14(9,20-16-10)11(18)15-12(19)17(4)5/h9H,6-8H2,1-5H3,(H,15,18,19). The van der Waals surface area contributed by atoms with E-state index in [1.165, 1.54) is 4.90 Å². The second kappa shape index (κ2) is 4.75. The summed E-state index contributed by atoms with van der Waals surface area (Å²) in [5.74, 6) is -0.404. The number of hydrogen-bond acceptors (Lipinski definition) is 4. The minimum absolute atomic E-state index is 0.0301. The molecule has 3 amide bonds. The molecule has 2 atom stereocenters. The van der Waals surface area contributed by atoms with Crippen LogP contribution >= 0.6 is 0 Å². The number of carbonyl (C=O) groups is 2. The molecule has 0 aromatic rings. The molecule has 20 heavy (non-hydrogen) atoms. The molecular formula is C14H23N3O3. The summed E-state index contributed by atoms with van der Waals surface area (Å²) in [6.45, 7) is 6.19. The van der Waals surface area contributed by atoms with Crippen molar-refractivity contribution in [3.63, 3.8) is 0 Å². The number of nitrogens with zero attached hydrogens (tertiary/aromatic N) is 2. The Bertz CT molecular complexity index is 465. The summed E-state index contributed by atoms with van der Waals surface area (Å²) < 4.78 is 0. The van der Waals surface area contributed by atoms with E-state index in [-0.39, 0.29) is 17.2 Å². The molecule has 112 valence electrons. The number of hydrogen-bond donors (Lipinski definition) is 1. The molecule has 0 bridgehead atoms. The molecule has 2 aliphatic rings. The van der Waals surface area contributed by atoms with Gasteiger partial charge in [0.1, 0.15) is 0 Å². The van der Waals surface area contributed by atoms with Crippen molar-refractivity contribution in [2.75, 3.05) is 14.1 Å². The molecule has 1 aliphatic heterocycles. The number of oxime groups is 1. The second-order valence-corrected chi connectivity index (χ2v) is 6.81. The summed E-state index contributed by atoms with van der Waals surface area (Å²) in [7, 11) is 3.19. The fourth-order valence-corrected chi connectivity index (χ4v) is 2.92. The minimum atomic E-state index is -0.992. The van der Waals surface area contributed by atoms with Crippen LogP contribution in [0.4, 0.5) is 4.79 Å². The third-order valence-corrected chi connectivity index (χ3v) is 4.02. The number of nitrogens with one attached hydrogen (secondary N) is 1. The van der Waals surface area contributed by atoms with Gasteiger partial charge in [0.15, 0.2) is 0 Å². The number of rotatable bonds is 1. The van der Waals surface area contributed by atoms with Gasteiger partial charge in [0.2, 0.25) is 5.60 Å². The molecule has 0 spiro atoms. The van der Waals surface area contributed by atoms with Crippen LogP contribution in [0, 0.1) is 11.3 Å². The van der Waals surface area contributed by atoms with Crippen molar-refractivity contribution in [2.24, 2.45) is 16.5 Å².